The Balaban J connectivity index is 1.90. The summed E-state index contributed by atoms with van der Waals surface area (Å²) in [4.78, 5) is 11.9. The highest BCUT2D eigenvalue weighted by molar-refractivity contribution is 5.89. The van der Waals surface area contributed by atoms with Gasteiger partial charge in [0, 0.05) is 12.6 Å². The SMILES string of the molecule is COc1ccc(F)c(NC(=O)NCC2(O)CCCCCC2)c1. The molecule has 5 nitrogen and oxygen atoms in total. The quantitative estimate of drug-likeness (QED) is 0.749. The number of anilines is 1. The lowest BCUT2D eigenvalue weighted by molar-refractivity contribution is 0.0281. The molecule has 1 aliphatic rings. The van der Waals surface area contributed by atoms with Gasteiger partial charge in [-0.3, -0.25) is 0 Å². The van der Waals surface area contributed by atoms with Gasteiger partial charge < -0.3 is 20.5 Å². The number of halogens is 1. The highest BCUT2D eigenvalue weighted by Crippen LogP contribution is 2.26. The third kappa shape index (κ3) is 4.59. The second kappa shape index (κ2) is 7.45. The summed E-state index contributed by atoms with van der Waals surface area (Å²) in [6, 6.07) is 3.58. The van der Waals surface area contributed by atoms with Crippen molar-refractivity contribution in [2.75, 3.05) is 19.0 Å². The van der Waals surface area contributed by atoms with Crippen molar-refractivity contribution in [3.8, 4) is 5.75 Å². The Morgan fingerprint density at radius 3 is 2.64 bits per heavy atom. The molecule has 0 saturated heterocycles. The Labute approximate surface area is 129 Å². The number of carbonyl (C=O) groups excluding carboxylic acids is 1. The van der Waals surface area contributed by atoms with Crippen LogP contribution in [-0.4, -0.2) is 30.4 Å². The third-order valence-corrected chi connectivity index (χ3v) is 4.03. The van der Waals surface area contributed by atoms with E-state index in [0.717, 1.165) is 25.7 Å². The van der Waals surface area contributed by atoms with Crippen LogP contribution in [0.2, 0.25) is 0 Å². The smallest absolute Gasteiger partial charge is 0.319 e. The lowest BCUT2D eigenvalue weighted by atomic mass is 9.95. The van der Waals surface area contributed by atoms with Gasteiger partial charge in [0.05, 0.1) is 18.4 Å². The number of ether oxygens (including phenoxy) is 1. The van der Waals surface area contributed by atoms with Crippen LogP contribution >= 0.6 is 0 Å². The topological polar surface area (TPSA) is 70.6 Å². The molecule has 1 fully saturated rings. The summed E-state index contributed by atoms with van der Waals surface area (Å²) in [7, 11) is 1.47. The van der Waals surface area contributed by atoms with Gasteiger partial charge in [-0.1, -0.05) is 25.7 Å². The van der Waals surface area contributed by atoms with E-state index in [0.29, 0.717) is 18.6 Å². The average molecular weight is 310 g/mol. The summed E-state index contributed by atoms with van der Waals surface area (Å²) < 4.78 is 18.6. The third-order valence-electron chi connectivity index (χ3n) is 4.03. The Bertz CT molecular complexity index is 514. The summed E-state index contributed by atoms with van der Waals surface area (Å²) in [5.41, 5.74) is -0.814. The van der Waals surface area contributed by atoms with Gasteiger partial charge in [0.2, 0.25) is 0 Å². The standard InChI is InChI=1S/C16H23FN2O3/c1-22-12-6-7-13(17)14(10-12)19-15(20)18-11-16(21)8-4-2-3-5-9-16/h6-7,10,21H,2-5,8-9,11H2,1H3,(H2,18,19,20). The number of hydrogen-bond acceptors (Lipinski definition) is 3. The number of hydrogen-bond donors (Lipinski definition) is 3. The van der Waals surface area contributed by atoms with E-state index in [2.05, 4.69) is 10.6 Å². The fourth-order valence-corrected chi connectivity index (χ4v) is 2.70. The zero-order chi connectivity index (χ0) is 16.0. The fraction of sp³-hybridized carbons (Fsp3) is 0.562. The van der Waals surface area contributed by atoms with Gasteiger partial charge in [-0.25, -0.2) is 9.18 Å². The second-order valence-corrected chi connectivity index (χ2v) is 5.79. The number of carbonyl (C=O) groups is 1. The first kappa shape index (κ1) is 16.5. The van der Waals surface area contributed by atoms with Crippen LogP contribution in [0.3, 0.4) is 0 Å². The molecule has 122 valence electrons. The van der Waals surface area contributed by atoms with Gasteiger partial charge in [0.25, 0.3) is 0 Å². The molecule has 0 atom stereocenters. The molecule has 0 unspecified atom stereocenters. The van der Waals surface area contributed by atoms with E-state index in [1.54, 1.807) is 0 Å². The van der Waals surface area contributed by atoms with Gasteiger partial charge in [0.1, 0.15) is 11.6 Å². The molecule has 0 spiro atoms. The number of aliphatic hydroxyl groups is 1. The number of methoxy groups -OCH3 is 1. The average Bonchev–Trinajstić information content (AvgIpc) is 2.73. The molecular formula is C16H23FN2O3. The van der Waals surface area contributed by atoms with Crippen LogP contribution < -0.4 is 15.4 Å². The molecule has 2 rings (SSSR count). The van der Waals surface area contributed by atoms with Crippen LogP contribution in [0.1, 0.15) is 38.5 Å². The molecule has 0 heterocycles. The fourth-order valence-electron chi connectivity index (χ4n) is 2.70. The van der Waals surface area contributed by atoms with E-state index in [1.807, 2.05) is 0 Å². The Morgan fingerprint density at radius 2 is 2.00 bits per heavy atom. The highest BCUT2D eigenvalue weighted by Gasteiger charge is 2.28. The summed E-state index contributed by atoms with van der Waals surface area (Å²) in [6.45, 7) is 0.171. The highest BCUT2D eigenvalue weighted by atomic mass is 19.1. The second-order valence-electron chi connectivity index (χ2n) is 5.79. The number of nitrogens with one attached hydrogen (secondary N) is 2. The summed E-state index contributed by atoms with van der Waals surface area (Å²) in [5.74, 6) is -0.0803. The largest absolute Gasteiger partial charge is 0.497 e. The Hall–Kier alpha value is -1.82. The normalized spacial score (nSPS) is 17.4. The maximum Gasteiger partial charge on any atom is 0.319 e. The number of urea groups is 1. The van der Waals surface area contributed by atoms with E-state index in [4.69, 9.17) is 4.74 Å². The molecule has 2 amide bonds. The summed E-state index contributed by atoms with van der Waals surface area (Å²) in [6.07, 6.45) is 5.52. The monoisotopic (exact) mass is 310 g/mol. The number of rotatable bonds is 4. The first-order chi connectivity index (χ1) is 10.5. The zero-order valence-electron chi connectivity index (χ0n) is 12.8. The molecule has 0 bridgehead atoms. The first-order valence-electron chi connectivity index (χ1n) is 7.63. The van der Waals surface area contributed by atoms with E-state index in [-0.39, 0.29) is 12.2 Å². The Kier molecular flexibility index (Phi) is 5.60. The first-order valence-corrected chi connectivity index (χ1v) is 7.63. The Morgan fingerprint density at radius 1 is 1.32 bits per heavy atom. The van der Waals surface area contributed by atoms with Crippen molar-refractivity contribution in [2.45, 2.75) is 44.1 Å². The minimum atomic E-state index is -0.860. The van der Waals surface area contributed by atoms with Crippen molar-refractivity contribution in [1.29, 1.82) is 0 Å². The van der Waals surface area contributed by atoms with Gasteiger partial charge >= 0.3 is 6.03 Å². The van der Waals surface area contributed by atoms with E-state index >= 15 is 0 Å². The summed E-state index contributed by atoms with van der Waals surface area (Å²) >= 11 is 0. The van der Waals surface area contributed by atoms with Crippen molar-refractivity contribution < 1.29 is 19.0 Å². The zero-order valence-corrected chi connectivity index (χ0v) is 12.8. The maximum atomic E-state index is 13.6. The molecule has 1 aromatic carbocycles. The lowest BCUT2D eigenvalue weighted by Crippen LogP contribution is -2.44. The van der Waals surface area contributed by atoms with Gasteiger partial charge in [-0.15, -0.1) is 0 Å². The summed E-state index contributed by atoms with van der Waals surface area (Å²) in [5, 5.41) is 15.5. The van der Waals surface area contributed by atoms with Gasteiger partial charge in [-0.05, 0) is 25.0 Å². The van der Waals surface area contributed by atoms with Crippen molar-refractivity contribution in [1.82, 2.24) is 5.32 Å². The number of benzene rings is 1. The van der Waals surface area contributed by atoms with Gasteiger partial charge in [-0.2, -0.15) is 0 Å². The van der Waals surface area contributed by atoms with Crippen molar-refractivity contribution >= 4 is 11.7 Å². The molecule has 6 heteroatoms. The molecule has 3 N–H and O–H groups in total. The molecule has 0 aliphatic heterocycles. The molecular weight excluding hydrogens is 287 g/mol. The van der Waals surface area contributed by atoms with Gasteiger partial charge in [0.15, 0.2) is 0 Å². The minimum absolute atomic E-state index is 0.0460. The molecule has 0 radical (unpaired) electrons. The van der Waals surface area contributed by atoms with Crippen LogP contribution in [0.4, 0.5) is 14.9 Å². The van der Waals surface area contributed by atoms with Crippen molar-refractivity contribution in [2.24, 2.45) is 0 Å². The molecule has 1 aromatic rings. The molecule has 1 aliphatic carbocycles. The van der Waals surface area contributed by atoms with Crippen LogP contribution in [0.25, 0.3) is 0 Å². The van der Waals surface area contributed by atoms with Crippen LogP contribution in [-0.2, 0) is 0 Å². The van der Waals surface area contributed by atoms with E-state index < -0.39 is 17.4 Å². The maximum absolute atomic E-state index is 13.6. The van der Waals surface area contributed by atoms with Crippen LogP contribution in [0.5, 0.6) is 5.75 Å². The van der Waals surface area contributed by atoms with Crippen molar-refractivity contribution in [3.05, 3.63) is 24.0 Å². The predicted molar refractivity (Wildman–Crippen MR) is 82.6 cm³/mol. The predicted octanol–water partition coefficient (Wildman–Crippen LogP) is 3.04. The molecule has 1 saturated carbocycles. The lowest BCUT2D eigenvalue weighted by Gasteiger charge is -2.26. The van der Waals surface area contributed by atoms with Crippen LogP contribution in [0.15, 0.2) is 18.2 Å². The van der Waals surface area contributed by atoms with Crippen LogP contribution in [0, 0.1) is 5.82 Å². The van der Waals surface area contributed by atoms with E-state index in [9.17, 15) is 14.3 Å². The minimum Gasteiger partial charge on any atom is -0.497 e. The van der Waals surface area contributed by atoms with E-state index in [1.165, 1.54) is 25.3 Å². The molecule has 0 aromatic heterocycles. The van der Waals surface area contributed by atoms with Crippen molar-refractivity contribution in [3.63, 3.8) is 0 Å². The number of amides is 2. The molecule has 22 heavy (non-hydrogen) atoms.